The third-order valence-corrected chi connectivity index (χ3v) is 4.00. The molecular weight excluding hydrogens is 279 g/mol. The van der Waals surface area contributed by atoms with Crippen LogP contribution in [0.5, 0.6) is 0 Å². The molecule has 0 bridgehead atoms. The predicted molar refractivity (Wildman–Crippen MR) is 80.4 cm³/mol. The van der Waals surface area contributed by atoms with Gasteiger partial charge in [0.15, 0.2) is 0 Å². The number of halogens is 2. The Morgan fingerprint density at radius 3 is 2.80 bits per heavy atom. The maximum Gasteiger partial charge on any atom is 0.230 e. The molecular formula is C15H22ClFN2O. The molecule has 3 unspecified atom stereocenters. The number of carbonyl (C=O) groups is 1. The Bertz CT molecular complexity index is 469. The van der Waals surface area contributed by atoms with Gasteiger partial charge in [0.25, 0.3) is 0 Å². The summed E-state index contributed by atoms with van der Waals surface area (Å²) in [7, 11) is 0. The van der Waals surface area contributed by atoms with Gasteiger partial charge in [-0.3, -0.25) is 4.79 Å². The van der Waals surface area contributed by atoms with Gasteiger partial charge in [-0.1, -0.05) is 12.1 Å². The minimum atomic E-state index is -0.310. The summed E-state index contributed by atoms with van der Waals surface area (Å²) in [6.07, 6.45) is 0.956. The fourth-order valence-corrected chi connectivity index (χ4v) is 2.79. The van der Waals surface area contributed by atoms with E-state index in [1.165, 1.54) is 12.1 Å². The second-order valence-electron chi connectivity index (χ2n) is 5.45. The van der Waals surface area contributed by atoms with Crippen LogP contribution in [0.25, 0.3) is 0 Å². The average molecular weight is 301 g/mol. The summed E-state index contributed by atoms with van der Waals surface area (Å²) < 4.78 is 13.2. The average Bonchev–Trinajstić information content (AvgIpc) is 2.78. The van der Waals surface area contributed by atoms with Crippen molar-refractivity contribution in [1.29, 1.82) is 0 Å². The molecule has 1 aromatic rings. The molecule has 20 heavy (non-hydrogen) atoms. The molecule has 112 valence electrons. The molecule has 3 nitrogen and oxygen atoms in total. The lowest BCUT2D eigenvalue weighted by Crippen LogP contribution is -2.37. The second-order valence-corrected chi connectivity index (χ2v) is 5.45. The third-order valence-electron chi connectivity index (χ3n) is 4.00. The molecule has 1 heterocycles. The van der Waals surface area contributed by atoms with E-state index >= 15 is 0 Å². The van der Waals surface area contributed by atoms with E-state index in [1.807, 2.05) is 18.7 Å². The zero-order valence-corrected chi connectivity index (χ0v) is 12.7. The van der Waals surface area contributed by atoms with E-state index in [0.29, 0.717) is 12.5 Å². The lowest BCUT2D eigenvalue weighted by atomic mass is 9.99. The molecule has 3 atom stereocenters. The number of nitrogens with two attached hydrogens (primary N) is 1. The molecule has 0 aliphatic carbocycles. The number of hydrogen-bond donors (Lipinski definition) is 1. The first-order chi connectivity index (χ1) is 9.02. The highest BCUT2D eigenvalue weighted by Gasteiger charge is 2.34. The zero-order chi connectivity index (χ0) is 14.0. The lowest BCUT2D eigenvalue weighted by Gasteiger charge is -2.25. The Hall–Kier alpha value is -1.13. The van der Waals surface area contributed by atoms with Crippen molar-refractivity contribution < 1.29 is 9.18 Å². The van der Waals surface area contributed by atoms with Crippen molar-refractivity contribution in [2.45, 2.75) is 32.2 Å². The minimum Gasteiger partial charge on any atom is -0.339 e. The summed E-state index contributed by atoms with van der Waals surface area (Å²) in [5.41, 5.74) is 6.41. The molecule has 0 aromatic heterocycles. The summed E-state index contributed by atoms with van der Waals surface area (Å²) in [6.45, 7) is 5.21. The highest BCUT2D eigenvalue weighted by Crippen LogP contribution is 2.27. The summed E-state index contributed by atoms with van der Waals surface area (Å²) in [5.74, 6) is -0.158. The van der Waals surface area contributed by atoms with Gasteiger partial charge in [0.2, 0.25) is 5.91 Å². The first kappa shape index (κ1) is 16.9. The number of amides is 1. The smallest absolute Gasteiger partial charge is 0.230 e. The van der Waals surface area contributed by atoms with E-state index < -0.39 is 0 Å². The van der Waals surface area contributed by atoms with Gasteiger partial charge in [-0.25, -0.2) is 4.39 Å². The van der Waals surface area contributed by atoms with Crippen LogP contribution in [-0.4, -0.2) is 29.9 Å². The van der Waals surface area contributed by atoms with Crippen LogP contribution in [0.3, 0.4) is 0 Å². The zero-order valence-electron chi connectivity index (χ0n) is 11.9. The van der Waals surface area contributed by atoms with Gasteiger partial charge in [-0.05, 0) is 50.4 Å². The second kappa shape index (κ2) is 7.04. The minimum absolute atomic E-state index is 0. The van der Waals surface area contributed by atoms with Crippen LogP contribution in [0, 0.1) is 11.7 Å². The van der Waals surface area contributed by atoms with Crippen molar-refractivity contribution in [3.05, 3.63) is 35.6 Å². The summed E-state index contributed by atoms with van der Waals surface area (Å²) in [5, 5.41) is 0. The molecule has 0 saturated carbocycles. The van der Waals surface area contributed by atoms with Gasteiger partial charge in [0.05, 0.1) is 5.92 Å². The number of carbonyl (C=O) groups excluding carboxylic acids is 1. The summed E-state index contributed by atoms with van der Waals surface area (Å²) in [4.78, 5) is 14.4. The van der Waals surface area contributed by atoms with Gasteiger partial charge in [-0.2, -0.15) is 0 Å². The molecule has 1 amide bonds. The largest absolute Gasteiger partial charge is 0.339 e. The monoisotopic (exact) mass is 300 g/mol. The van der Waals surface area contributed by atoms with Crippen molar-refractivity contribution in [2.75, 3.05) is 13.1 Å². The van der Waals surface area contributed by atoms with Gasteiger partial charge >= 0.3 is 0 Å². The number of nitrogens with zero attached hydrogens (tertiary/aromatic N) is 1. The van der Waals surface area contributed by atoms with E-state index in [4.69, 9.17) is 5.73 Å². The van der Waals surface area contributed by atoms with Crippen LogP contribution in [0.1, 0.15) is 31.7 Å². The number of hydrogen-bond acceptors (Lipinski definition) is 2. The van der Waals surface area contributed by atoms with Crippen LogP contribution in [0.15, 0.2) is 24.3 Å². The molecule has 2 N–H and O–H groups in total. The molecule has 0 radical (unpaired) electrons. The molecule has 5 heteroatoms. The van der Waals surface area contributed by atoms with Gasteiger partial charge in [0, 0.05) is 12.6 Å². The standard InChI is InChI=1S/C15H21FN2O.ClH/c1-10-6-12(8-17)9-18(10)15(19)11(2)13-4-3-5-14(16)7-13;/h3-5,7,10-12H,6,8-9,17H2,1-2H3;1H. The molecule has 1 aliphatic heterocycles. The van der Waals surface area contributed by atoms with Crippen LogP contribution in [0.2, 0.25) is 0 Å². The normalized spacial score (nSPS) is 23.3. The quantitative estimate of drug-likeness (QED) is 0.932. The first-order valence-corrected chi connectivity index (χ1v) is 6.79. The van der Waals surface area contributed by atoms with Crippen molar-refractivity contribution in [3.8, 4) is 0 Å². The van der Waals surface area contributed by atoms with Crippen molar-refractivity contribution in [1.82, 2.24) is 4.90 Å². The third kappa shape index (κ3) is 3.49. The van der Waals surface area contributed by atoms with Crippen LogP contribution < -0.4 is 5.73 Å². The van der Waals surface area contributed by atoms with Gasteiger partial charge < -0.3 is 10.6 Å². The Morgan fingerprint density at radius 2 is 2.25 bits per heavy atom. The topological polar surface area (TPSA) is 46.3 Å². The van der Waals surface area contributed by atoms with Crippen LogP contribution >= 0.6 is 12.4 Å². The number of rotatable bonds is 3. The molecule has 1 fully saturated rings. The van der Waals surface area contributed by atoms with Crippen molar-refractivity contribution in [3.63, 3.8) is 0 Å². The highest BCUT2D eigenvalue weighted by atomic mass is 35.5. The van der Waals surface area contributed by atoms with E-state index in [9.17, 15) is 9.18 Å². The Kier molecular flexibility index (Phi) is 5.96. The van der Waals surface area contributed by atoms with Crippen LogP contribution in [0.4, 0.5) is 4.39 Å². The summed E-state index contributed by atoms with van der Waals surface area (Å²) >= 11 is 0. The van der Waals surface area contributed by atoms with E-state index in [-0.39, 0.29) is 36.1 Å². The fourth-order valence-electron chi connectivity index (χ4n) is 2.79. The predicted octanol–water partition coefficient (Wildman–Crippen LogP) is 2.55. The SMILES string of the molecule is CC(C(=O)N1CC(CN)CC1C)c1cccc(F)c1.Cl. The molecule has 0 spiro atoms. The van der Waals surface area contributed by atoms with E-state index in [2.05, 4.69) is 0 Å². The summed E-state index contributed by atoms with van der Waals surface area (Å²) in [6, 6.07) is 6.49. The molecule has 1 aliphatic rings. The lowest BCUT2D eigenvalue weighted by molar-refractivity contribution is -0.133. The van der Waals surface area contributed by atoms with Gasteiger partial charge in [0.1, 0.15) is 5.82 Å². The number of likely N-dealkylation sites (tertiary alicyclic amines) is 1. The Balaban J connectivity index is 0.00000200. The molecule has 1 aromatic carbocycles. The van der Waals surface area contributed by atoms with Crippen molar-refractivity contribution >= 4 is 18.3 Å². The highest BCUT2D eigenvalue weighted by molar-refractivity contribution is 5.85. The maximum atomic E-state index is 13.2. The fraction of sp³-hybridized carbons (Fsp3) is 0.533. The Morgan fingerprint density at radius 1 is 1.55 bits per heavy atom. The van der Waals surface area contributed by atoms with E-state index in [0.717, 1.165) is 18.5 Å². The van der Waals surface area contributed by atoms with E-state index in [1.54, 1.807) is 12.1 Å². The maximum absolute atomic E-state index is 13.2. The van der Waals surface area contributed by atoms with Crippen LogP contribution in [-0.2, 0) is 4.79 Å². The number of benzene rings is 1. The van der Waals surface area contributed by atoms with Crippen molar-refractivity contribution in [2.24, 2.45) is 11.7 Å². The van der Waals surface area contributed by atoms with Gasteiger partial charge in [-0.15, -0.1) is 12.4 Å². The first-order valence-electron chi connectivity index (χ1n) is 6.79. The molecule has 2 rings (SSSR count). The molecule has 1 saturated heterocycles. The Labute approximate surface area is 125 Å².